The van der Waals surface area contributed by atoms with Crippen LogP contribution in [0.3, 0.4) is 0 Å². The lowest BCUT2D eigenvalue weighted by Gasteiger charge is -2.35. The minimum Gasteiger partial charge on any atom is -0.488 e. The average molecular weight is 311 g/mol. The van der Waals surface area contributed by atoms with Crippen molar-refractivity contribution < 1.29 is 4.74 Å². The largest absolute Gasteiger partial charge is 0.488 e. The third kappa shape index (κ3) is 1.96. The van der Waals surface area contributed by atoms with Gasteiger partial charge in [-0.2, -0.15) is 0 Å². The third-order valence-corrected chi connectivity index (χ3v) is 4.87. The van der Waals surface area contributed by atoms with E-state index in [1.165, 1.54) is 28.1 Å². The molecule has 2 nitrogen and oxygen atoms in total. The van der Waals surface area contributed by atoms with Crippen molar-refractivity contribution in [2.45, 2.75) is 5.92 Å². The maximum Gasteiger partial charge on any atom is 0.129 e. The SMILES string of the molecule is c1ccc(C2C3=C(Nc4ccccc42)c2ccccc2OC3)cc1. The predicted octanol–water partition coefficient (Wildman–Crippen LogP) is 5.05. The summed E-state index contributed by atoms with van der Waals surface area (Å²) < 4.78 is 6.06. The maximum atomic E-state index is 6.06. The lowest BCUT2D eigenvalue weighted by atomic mass is 9.79. The van der Waals surface area contributed by atoms with Crippen LogP contribution in [0.4, 0.5) is 5.69 Å². The minimum absolute atomic E-state index is 0.229. The molecule has 3 aromatic rings. The van der Waals surface area contributed by atoms with E-state index in [-0.39, 0.29) is 5.92 Å². The van der Waals surface area contributed by atoms with Crippen molar-refractivity contribution >= 4 is 11.4 Å². The van der Waals surface area contributed by atoms with E-state index in [1.54, 1.807) is 0 Å². The van der Waals surface area contributed by atoms with Gasteiger partial charge in [-0.05, 0) is 29.3 Å². The van der Waals surface area contributed by atoms with Crippen LogP contribution in [-0.4, -0.2) is 6.61 Å². The van der Waals surface area contributed by atoms with Crippen LogP contribution in [0.15, 0.2) is 84.4 Å². The van der Waals surface area contributed by atoms with E-state index in [0.29, 0.717) is 6.61 Å². The highest BCUT2D eigenvalue weighted by molar-refractivity contribution is 5.88. The van der Waals surface area contributed by atoms with E-state index in [1.807, 2.05) is 12.1 Å². The predicted molar refractivity (Wildman–Crippen MR) is 97.2 cm³/mol. The zero-order valence-electron chi connectivity index (χ0n) is 13.2. The Bertz CT molecular complexity index is 943. The second-order valence-corrected chi connectivity index (χ2v) is 6.24. The molecule has 2 aliphatic heterocycles. The Balaban J connectivity index is 1.76. The Morgan fingerprint density at radius 1 is 0.792 bits per heavy atom. The van der Waals surface area contributed by atoms with Crippen LogP contribution in [0.5, 0.6) is 5.75 Å². The van der Waals surface area contributed by atoms with E-state index in [4.69, 9.17) is 4.74 Å². The molecule has 0 saturated carbocycles. The van der Waals surface area contributed by atoms with Gasteiger partial charge in [0.05, 0.1) is 5.70 Å². The molecule has 1 N–H and O–H groups in total. The van der Waals surface area contributed by atoms with E-state index in [0.717, 1.165) is 11.3 Å². The van der Waals surface area contributed by atoms with Gasteiger partial charge in [-0.3, -0.25) is 0 Å². The van der Waals surface area contributed by atoms with E-state index >= 15 is 0 Å². The molecule has 2 aliphatic rings. The molecule has 0 aromatic heterocycles. The number of benzene rings is 3. The first kappa shape index (κ1) is 13.4. The first-order valence-electron chi connectivity index (χ1n) is 8.28. The van der Waals surface area contributed by atoms with Crippen LogP contribution in [-0.2, 0) is 0 Å². The lowest BCUT2D eigenvalue weighted by Crippen LogP contribution is -2.25. The van der Waals surface area contributed by atoms with Gasteiger partial charge < -0.3 is 10.1 Å². The topological polar surface area (TPSA) is 21.3 Å². The van der Waals surface area contributed by atoms with E-state index < -0.39 is 0 Å². The monoisotopic (exact) mass is 311 g/mol. The number of hydrogen-bond acceptors (Lipinski definition) is 2. The quantitative estimate of drug-likeness (QED) is 0.679. The Labute approximate surface area is 141 Å². The van der Waals surface area contributed by atoms with Crippen LogP contribution in [0.2, 0.25) is 0 Å². The van der Waals surface area contributed by atoms with Crippen molar-refractivity contribution in [2.75, 3.05) is 11.9 Å². The van der Waals surface area contributed by atoms with Gasteiger partial charge in [-0.25, -0.2) is 0 Å². The standard InChI is InChI=1S/C22H17NO/c1-2-8-15(9-3-1)21-16-10-4-6-12-19(16)23-22-17-11-5-7-13-20(17)24-14-18(21)22/h1-13,21,23H,14H2. The number of rotatable bonds is 1. The number of fused-ring (bicyclic) bond motifs is 3. The van der Waals surface area contributed by atoms with Gasteiger partial charge in [0.2, 0.25) is 0 Å². The summed E-state index contributed by atoms with van der Waals surface area (Å²) in [5.41, 5.74) is 7.45. The second kappa shape index (κ2) is 5.27. The normalized spacial score (nSPS) is 17.9. The molecule has 2 heteroatoms. The van der Waals surface area contributed by atoms with Crippen LogP contribution < -0.4 is 10.1 Å². The molecule has 1 unspecified atom stereocenters. The zero-order chi connectivity index (χ0) is 15.9. The molecule has 0 spiro atoms. The Kier molecular flexibility index (Phi) is 2.95. The van der Waals surface area contributed by atoms with E-state index in [2.05, 4.69) is 72.0 Å². The fraction of sp³-hybridized carbons (Fsp3) is 0.0909. The maximum absolute atomic E-state index is 6.06. The van der Waals surface area contributed by atoms with Gasteiger partial charge >= 0.3 is 0 Å². The Hall–Kier alpha value is -3.00. The Morgan fingerprint density at radius 3 is 2.46 bits per heavy atom. The van der Waals surface area contributed by atoms with Crippen molar-refractivity contribution in [3.63, 3.8) is 0 Å². The van der Waals surface area contributed by atoms with Crippen molar-refractivity contribution in [1.29, 1.82) is 0 Å². The van der Waals surface area contributed by atoms with Crippen LogP contribution >= 0.6 is 0 Å². The molecule has 1 atom stereocenters. The average Bonchev–Trinajstić information content (AvgIpc) is 2.67. The number of para-hydroxylation sites is 2. The second-order valence-electron chi connectivity index (χ2n) is 6.24. The molecular formula is C22H17NO. The lowest BCUT2D eigenvalue weighted by molar-refractivity contribution is 0.339. The molecule has 0 saturated heterocycles. The van der Waals surface area contributed by atoms with Gasteiger partial charge in [0.15, 0.2) is 0 Å². The summed E-state index contributed by atoms with van der Waals surface area (Å²) in [6.45, 7) is 0.618. The molecule has 3 aromatic carbocycles. The third-order valence-electron chi connectivity index (χ3n) is 4.87. The summed E-state index contributed by atoms with van der Waals surface area (Å²) in [4.78, 5) is 0. The van der Waals surface area contributed by atoms with Crippen molar-refractivity contribution in [1.82, 2.24) is 0 Å². The van der Waals surface area contributed by atoms with Crippen LogP contribution in [0.25, 0.3) is 5.70 Å². The van der Waals surface area contributed by atoms with Gasteiger partial charge in [-0.15, -0.1) is 0 Å². The summed E-state index contributed by atoms with van der Waals surface area (Å²) in [5.74, 6) is 1.18. The van der Waals surface area contributed by atoms with Gasteiger partial charge in [0.1, 0.15) is 12.4 Å². The summed E-state index contributed by atoms with van der Waals surface area (Å²) in [5, 5.41) is 3.65. The summed E-state index contributed by atoms with van der Waals surface area (Å²) in [6.07, 6.45) is 0. The molecule has 5 rings (SSSR count). The molecule has 0 amide bonds. The van der Waals surface area contributed by atoms with Crippen molar-refractivity contribution in [2.24, 2.45) is 0 Å². The fourth-order valence-electron chi connectivity index (χ4n) is 3.79. The molecule has 116 valence electrons. The van der Waals surface area contributed by atoms with E-state index in [9.17, 15) is 0 Å². The van der Waals surface area contributed by atoms with Gasteiger partial charge in [0.25, 0.3) is 0 Å². The number of hydrogen-bond donors (Lipinski definition) is 1. The van der Waals surface area contributed by atoms with Gasteiger partial charge in [0, 0.05) is 22.7 Å². The fourth-order valence-corrected chi connectivity index (χ4v) is 3.79. The molecule has 0 radical (unpaired) electrons. The Morgan fingerprint density at radius 2 is 1.54 bits per heavy atom. The van der Waals surface area contributed by atoms with Crippen LogP contribution in [0.1, 0.15) is 22.6 Å². The summed E-state index contributed by atoms with van der Waals surface area (Å²) in [7, 11) is 0. The van der Waals surface area contributed by atoms with Gasteiger partial charge in [-0.1, -0.05) is 60.7 Å². The minimum atomic E-state index is 0.229. The molecule has 0 bridgehead atoms. The number of ether oxygens (including phenoxy) is 1. The van der Waals surface area contributed by atoms with Crippen molar-refractivity contribution in [3.8, 4) is 5.75 Å². The highest BCUT2D eigenvalue weighted by atomic mass is 16.5. The highest BCUT2D eigenvalue weighted by Crippen LogP contribution is 2.47. The summed E-state index contributed by atoms with van der Waals surface area (Å²) >= 11 is 0. The summed E-state index contributed by atoms with van der Waals surface area (Å²) in [6, 6.07) is 27.5. The zero-order valence-corrected chi connectivity index (χ0v) is 13.2. The molecular weight excluding hydrogens is 294 g/mol. The number of nitrogens with one attached hydrogen (secondary N) is 1. The highest BCUT2D eigenvalue weighted by Gasteiger charge is 2.33. The molecule has 2 heterocycles. The first-order valence-corrected chi connectivity index (χ1v) is 8.28. The van der Waals surface area contributed by atoms with Crippen LogP contribution in [0, 0.1) is 0 Å². The molecule has 0 fully saturated rings. The smallest absolute Gasteiger partial charge is 0.129 e. The molecule has 0 aliphatic carbocycles. The molecule has 24 heavy (non-hydrogen) atoms. The number of anilines is 1. The van der Waals surface area contributed by atoms with Crippen molar-refractivity contribution in [3.05, 3.63) is 101 Å². The first-order chi connectivity index (χ1) is 11.9.